The molecule has 3 amide bonds. The van der Waals surface area contributed by atoms with E-state index in [4.69, 9.17) is 10.8 Å². The van der Waals surface area contributed by atoms with Gasteiger partial charge in [-0.05, 0) is 32.6 Å². The minimum Gasteiger partial charge on any atom is -0.393 e. The Balaban J connectivity index is 2.26. The molecule has 1 aliphatic heterocycles. The van der Waals surface area contributed by atoms with Crippen LogP contribution in [0.15, 0.2) is 0 Å². The van der Waals surface area contributed by atoms with E-state index in [1.54, 1.807) is 6.92 Å². The number of likely N-dealkylation sites (tertiary alicyclic amines) is 1. The molecule has 6 heteroatoms. The molecule has 0 aromatic heterocycles. The van der Waals surface area contributed by atoms with Gasteiger partial charge in [0.1, 0.15) is 0 Å². The fraction of sp³-hybridized carbons (Fsp3) is 0.833. The molecule has 4 N–H and O–H groups in total. The Morgan fingerprint density at radius 3 is 2.89 bits per heavy atom. The minimum absolute atomic E-state index is 0.0217. The van der Waals surface area contributed by atoms with E-state index >= 15 is 0 Å². The predicted octanol–water partition coefficient (Wildman–Crippen LogP) is 0.0543. The van der Waals surface area contributed by atoms with Crippen LogP contribution in [0.5, 0.6) is 0 Å². The highest BCUT2D eigenvalue weighted by atomic mass is 16.3. The zero-order chi connectivity index (χ0) is 13.5. The molecule has 1 fully saturated rings. The Hall–Kier alpha value is -1.30. The van der Waals surface area contributed by atoms with E-state index in [1.165, 1.54) is 4.90 Å². The van der Waals surface area contributed by atoms with Gasteiger partial charge in [0.25, 0.3) is 0 Å². The first kappa shape index (κ1) is 14.8. The summed E-state index contributed by atoms with van der Waals surface area (Å²) in [4.78, 5) is 24.4. The summed E-state index contributed by atoms with van der Waals surface area (Å²) in [6.45, 7) is 3.35. The van der Waals surface area contributed by atoms with Crippen molar-refractivity contribution in [2.45, 2.75) is 38.7 Å². The molecule has 0 aromatic carbocycles. The molecule has 0 aliphatic carbocycles. The number of amides is 3. The van der Waals surface area contributed by atoms with Crippen LogP contribution >= 0.6 is 0 Å². The van der Waals surface area contributed by atoms with Crippen LogP contribution in [-0.2, 0) is 4.79 Å². The van der Waals surface area contributed by atoms with Crippen LogP contribution in [-0.4, -0.2) is 47.7 Å². The molecule has 1 saturated heterocycles. The highest BCUT2D eigenvalue weighted by molar-refractivity contribution is 5.80. The fourth-order valence-electron chi connectivity index (χ4n) is 2.14. The molecule has 0 radical (unpaired) electrons. The van der Waals surface area contributed by atoms with Gasteiger partial charge in [0.2, 0.25) is 5.91 Å². The van der Waals surface area contributed by atoms with Crippen LogP contribution in [0.4, 0.5) is 4.79 Å². The molecular formula is C12H23N3O3. The van der Waals surface area contributed by atoms with Gasteiger partial charge in [0.05, 0.1) is 12.0 Å². The molecule has 0 saturated carbocycles. The number of aliphatic hydroxyl groups is 1. The second-order valence-electron chi connectivity index (χ2n) is 4.91. The number of hydrogen-bond donors (Lipinski definition) is 3. The van der Waals surface area contributed by atoms with Gasteiger partial charge in [-0.1, -0.05) is 0 Å². The molecule has 1 rings (SSSR count). The van der Waals surface area contributed by atoms with Crippen LogP contribution in [0.3, 0.4) is 0 Å². The molecule has 2 unspecified atom stereocenters. The van der Waals surface area contributed by atoms with Crippen molar-refractivity contribution in [3.05, 3.63) is 0 Å². The summed E-state index contributed by atoms with van der Waals surface area (Å²) in [5.74, 6) is -0.177. The van der Waals surface area contributed by atoms with Crippen molar-refractivity contribution in [2.75, 3.05) is 19.6 Å². The molecular weight excluding hydrogens is 234 g/mol. The first-order valence-electron chi connectivity index (χ1n) is 6.51. The molecule has 0 spiro atoms. The van der Waals surface area contributed by atoms with E-state index in [1.807, 2.05) is 0 Å². The number of primary amides is 1. The smallest absolute Gasteiger partial charge is 0.314 e. The van der Waals surface area contributed by atoms with Crippen molar-refractivity contribution in [2.24, 2.45) is 11.7 Å². The van der Waals surface area contributed by atoms with Gasteiger partial charge in [-0.25, -0.2) is 4.79 Å². The van der Waals surface area contributed by atoms with Crippen molar-refractivity contribution < 1.29 is 14.7 Å². The Kier molecular flexibility index (Phi) is 5.91. The van der Waals surface area contributed by atoms with Crippen molar-refractivity contribution >= 4 is 11.9 Å². The maximum absolute atomic E-state index is 11.9. The van der Waals surface area contributed by atoms with Crippen LogP contribution in [0.2, 0.25) is 0 Å². The van der Waals surface area contributed by atoms with E-state index in [9.17, 15) is 9.59 Å². The lowest BCUT2D eigenvalue weighted by molar-refractivity contribution is -0.126. The number of rotatable bonds is 5. The minimum atomic E-state index is -0.457. The molecule has 18 heavy (non-hydrogen) atoms. The number of hydrogen-bond acceptors (Lipinski definition) is 3. The molecule has 2 atom stereocenters. The van der Waals surface area contributed by atoms with Gasteiger partial charge in [0.15, 0.2) is 0 Å². The van der Waals surface area contributed by atoms with Crippen LogP contribution in [0.25, 0.3) is 0 Å². The molecule has 1 aliphatic rings. The third-order valence-corrected chi connectivity index (χ3v) is 3.20. The second-order valence-corrected chi connectivity index (χ2v) is 4.91. The normalized spacial score (nSPS) is 21.4. The summed E-state index contributed by atoms with van der Waals surface area (Å²) in [5.41, 5.74) is 5.21. The van der Waals surface area contributed by atoms with Gasteiger partial charge < -0.3 is 21.1 Å². The van der Waals surface area contributed by atoms with Crippen molar-refractivity contribution in [1.82, 2.24) is 10.2 Å². The zero-order valence-electron chi connectivity index (χ0n) is 10.9. The van der Waals surface area contributed by atoms with Gasteiger partial charge in [-0.15, -0.1) is 0 Å². The van der Waals surface area contributed by atoms with Crippen molar-refractivity contribution in [1.29, 1.82) is 0 Å². The summed E-state index contributed by atoms with van der Waals surface area (Å²) < 4.78 is 0. The van der Waals surface area contributed by atoms with Crippen LogP contribution in [0, 0.1) is 5.92 Å². The van der Waals surface area contributed by atoms with E-state index in [0.29, 0.717) is 26.1 Å². The Morgan fingerprint density at radius 1 is 1.56 bits per heavy atom. The average molecular weight is 257 g/mol. The van der Waals surface area contributed by atoms with Gasteiger partial charge >= 0.3 is 6.03 Å². The summed E-state index contributed by atoms with van der Waals surface area (Å²) in [5, 5.41) is 11.9. The van der Waals surface area contributed by atoms with Crippen LogP contribution in [0.1, 0.15) is 32.6 Å². The first-order valence-corrected chi connectivity index (χ1v) is 6.51. The summed E-state index contributed by atoms with van der Waals surface area (Å²) >= 11 is 0. The summed E-state index contributed by atoms with van der Waals surface area (Å²) in [7, 11) is 0. The highest BCUT2D eigenvalue weighted by Crippen LogP contribution is 2.16. The lowest BCUT2D eigenvalue weighted by Gasteiger charge is -2.30. The molecule has 0 bridgehead atoms. The number of nitrogens with one attached hydrogen (secondary N) is 1. The monoisotopic (exact) mass is 257 g/mol. The Labute approximate surface area is 108 Å². The van der Waals surface area contributed by atoms with Crippen LogP contribution < -0.4 is 11.1 Å². The van der Waals surface area contributed by atoms with Crippen molar-refractivity contribution in [3.8, 4) is 0 Å². The number of carbonyl (C=O) groups is 2. The Bertz CT molecular complexity index is 294. The van der Waals surface area contributed by atoms with E-state index in [-0.39, 0.29) is 17.9 Å². The van der Waals surface area contributed by atoms with Gasteiger partial charge in [-0.3, -0.25) is 4.79 Å². The fourth-order valence-corrected chi connectivity index (χ4v) is 2.14. The van der Waals surface area contributed by atoms with E-state index in [2.05, 4.69) is 5.32 Å². The Morgan fingerprint density at radius 2 is 2.28 bits per heavy atom. The quantitative estimate of drug-likeness (QED) is 0.607. The number of carbonyl (C=O) groups excluding carboxylic acids is 2. The maximum atomic E-state index is 11.9. The third-order valence-electron chi connectivity index (χ3n) is 3.20. The standard InChI is InChI=1S/C12H23N3O3/c1-9(16)4-2-6-14-11(17)10-5-3-7-15(8-10)12(13)18/h9-10,16H,2-8H2,1H3,(H2,13,18)(H,14,17). The molecule has 104 valence electrons. The lowest BCUT2D eigenvalue weighted by Crippen LogP contribution is -2.47. The topological polar surface area (TPSA) is 95.7 Å². The summed E-state index contributed by atoms with van der Waals surface area (Å²) in [6, 6.07) is -0.457. The largest absolute Gasteiger partial charge is 0.393 e. The van der Waals surface area contributed by atoms with E-state index in [0.717, 1.165) is 19.3 Å². The summed E-state index contributed by atoms with van der Waals surface area (Å²) in [6.07, 6.45) is 2.72. The number of nitrogens with two attached hydrogens (primary N) is 1. The second kappa shape index (κ2) is 7.20. The number of aliphatic hydroxyl groups excluding tert-OH is 1. The number of urea groups is 1. The van der Waals surface area contributed by atoms with Gasteiger partial charge in [0, 0.05) is 19.6 Å². The van der Waals surface area contributed by atoms with Crippen molar-refractivity contribution in [3.63, 3.8) is 0 Å². The zero-order valence-corrected chi connectivity index (χ0v) is 10.9. The average Bonchev–Trinajstić information content (AvgIpc) is 2.34. The number of piperidine rings is 1. The maximum Gasteiger partial charge on any atom is 0.314 e. The lowest BCUT2D eigenvalue weighted by atomic mass is 9.97. The highest BCUT2D eigenvalue weighted by Gasteiger charge is 2.26. The predicted molar refractivity (Wildman–Crippen MR) is 67.8 cm³/mol. The molecule has 1 heterocycles. The first-order chi connectivity index (χ1) is 8.50. The molecule has 6 nitrogen and oxygen atoms in total. The number of nitrogens with zero attached hydrogens (tertiary/aromatic N) is 1. The third kappa shape index (κ3) is 4.91. The van der Waals surface area contributed by atoms with E-state index < -0.39 is 6.03 Å². The SMILES string of the molecule is CC(O)CCCNC(=O)C1CCCN(C(N)=O)C1. The molecule has 0 aromatic rings. The van der Waals surface area contributed by atoms with Gasteiger partial charge in [-0.2, -0.15) is 0 Å².